The van der Waals surface area contributed by atoms with E-state index in [1.807, 2.05) is 25.1 Å². The lowest BCUT2D eigenvalue weighted by atomic mass is 10.1. The highest BCUT2D eigenvalue weighted by Crippen LogP contribution is 2.29. The lowest BCUT2D eigenvalue weighted by Gasteiger charge is -2.12. The van der Waals surface area contributed by atoms with Crippen LogP contribution in [0, 0.1) is 6.92 Å². The predicted molar refractivity (Wildman–Crippen MR) is 85.5 cm³/mol. The van der Waals surface area contributed by atoms with E-state index in [1.54, 1.807) is 18.2 Å². The monoisotopic (exact) mass is 311 g/mol. The van der Waals surface area contributed by atoms with E-state index in [-0.39, 0.29) is 5.56 Å². The van der Waals surface area contributed by atoms with Crippen molar-refractivity contribution < 1.29 is 9.90 Å². The van der Waals surface area contributed by atoms with E-state index in [9.17, 15) is 9.90 Å². The summed E-state index contributed by atoms with van der Waals surface area (Å²) in [6.07, 6.45) is 0. The number of carbonyl (C=O) groups excluding carboxylic acids is 1. The van der Waals surface area contributed by atoms with E-state index in [2.05, 4.69) is 10.3 Å². The second kappa shape index (κ2) is 5.66. The number of hydrogen-bond donors (Lipinski definition) is 1. The van der Waals surface area contributed by atoms with Crippen molar-refractivity contribution in [2.45, 2.75) is 6.92 Å². The average molecular weight is 312 g/mol. The summed E-state index contributed by atoms with van der Waals surface area (Å²) in [6.45, 7) is 1.90. The molecule has 110 valence electrons. The molecule has 1 aromatic heterocycles. The first-order valence-corrected chi connectivity index (χ1v) is 7.06. The molecular weight excluding hydrogens is 300 g/mol. The number of aromatic carboxylic acids is 1. The van der Waals surface area contributed by atoms with Gasteiger partial charge in [0.05, 0.1) is 11.5 Å². The molecule has 3 aromatic rings. The van der Waals surface area contributed by atoms with E-state index >= 15 is 0 Å². The highest BCUT2D eigenvalue weighted by Gasteiger charge is 2.06. The van der Waals surface area contributed by atoms with Gasteiger partial charge in [-0.2, -0.15) is 0 Å². The van der Waals surface area contributed by atoms with Crippen molar-refractivity contribution in [2.24, 2.45) is 0 Å². The van der Waals surface area contributed by atoms with Gasteiger partial charge in [0.2, 0.25) is 0 Å². The number of halogens is 1. The van der Waals surface area contributed by atoms with Crippen LogP contribution >= 0.6 is 11.6 Å². The molecule has 22 heavy (non-hydrogen) atoms. The Hall–Kier alpha value is -2.59. The van der Waals surface area contributed by atoms with E-state index < -0.39 is 5.97 Å². The molecule has 0 unspecified atom stereocenters. The van der Waals surface area contributed by atoms with Crippen LogP contribution in [0.2, 0.25) is 5.02 Å². The molecule has 1 N–H and O–H groups in total. The second-order valence-corrected chi connectivity index (χ2v) is 5.40. The van der Waals surface area contributed by atoms with Crippen LogP contribution in [0.25, 0.3) is 10.9 Å². The first-order valence-electron chi connectivity index (χ1n) is 6.68. The smallest absolute Gasteiger partial charge is 0.0727 e. The molecule has 0 amide bonds. The fourth-order valence-corrected chi connectivity index (χ4v) is 2.49. The Labute approximate surface area is 132 Å². The normalized spacial score (nSPS) is 10.6. The number of carboxylic acids is 1. The molecular formula is C17H12ClN2O2-. The summed E-state index contributed by atoms with van der Waals surface area (Å²) in [5.74, 6) is -1.21. The fourth-order valence-electron chi connectivity index (χ4n) is 2.31. The molecule has 0 saturated heterocycles. The maximum absolute atomic E-state index is 11.0. The van der Waals surface area contributed by atoms with Crippen LogP contribution in [0.3, 0.4) is 0 Å². The van der Waals surface area contributed by atoms with Crippen LogP contribution in [0.1, 0.15) is 16.1 Å². The summed E-state index contributed by atoms with van der Waals surface area (Å²) in [6, 6.07) is 13.8. The van der Waals surface area contributed by atoms with Crippen molar-refractivity contribution in [1.82, 2.24) is 4.98 Å². The van der Waals surface area contributed by atoms with Gasteiger partial charge in [-0.05, 0) is 48.9 Å². The Balaban J connectivity index is 2.08. The van der Waals surface area contributed by atoms with Crippen molar-refractivity contribution in [2.75, 3.05) is 5.32 Å². The first kappa shape index (κ1) is 14.4. The number of aromatic nitrogens is 1. The quantitative estimate of drug-likeness (QED) is 0.806. The van der Waals surface area contributed by atoms with Crippen LogP contribution < -0.4 is 10.4 Å². The summed E-state index contributed by atoms with van der Waals surface area (Å²) in [5, 5.41) is 15.7. The number of fused-ring (bicyclic) bond motifs is 1. The van der Waals surface area contributed by atoms with Gasteiger partial charge in [0, 0.05) is 27.5 Å². The molecule has 0 bridgehead atoms. The number of nitrogens with zero attached hydrogens (tertiary/aromatic N) is 1. The number of anilines is 2. The second-order valence-electron chi connectivity index (χ2n) is 4.97. The first-order chi connectivity index (χ1) is 10.5. The number of carboxylic acid groups (broad SMARTS) is 1. The zero-order valence-corrected chi connectivity index (χ0v) is 12.5. The molecule has 1 heterocycles. The summed E-state index contributed by atoms with van der Waals surface area (Å²) in [7, 11) is 0. The lowest BCUT2D eigenvalue weighted by molar-refractivity contribution is -0.255. The maximum atomic E-state index is 11.0. The van der Waals surface area contributed by atoms with Gasteiger partial charge >= 0.3 is 0 Å². The van der Waals surface area contributed by atoms with Gasteiger partial charge in [0.1, 0.15) is 0 Å². The van der Waals surface area contributed by atoms with Crippen LogP contribution in [0.15, 0.2) is 48.5 Å². The molecule has 0 aliphatic rings. The number of nitrogens with one attached hydrogen (secondary N) is 1. The summed E-state index contributed by atoms with van der Waals surface area (Å²) >= 11 is 6.06. The van der Waals surface area contributed by atoms with Gasteiger partial charge in [0.15, 0.2) is 0 Å². The number of benzene rings is 2. The third kappa shape index (κ3) is 2.87. The molecule has 0 aliphatic carbocycles. The Morgan fingerprint density at radius 1 is 1.18 bits per heavy atom. The number of rotatable bonds is 3. The third-order valence-corrected chi connectivity index (χ3v) is 3.51. The molecule has 0 fully saturated rings. The van der Waals surface area contributed by atoms with Gasteiger partial charge in [-0.1, -0.05) is 23.7 Å². The topological polar surface area (TPSA) is 65.0 Å². The molecule has 0 atom stereocenters. The molecule has 0 spiro atoms. The highest BCUT2D eigenvalue weighted by atomic mass is 35.5. The molecule has 0 aliphatic heterocycles. The van der Waals surface area contributed by atoms with E-state index in [0.717, 1.165) is 22.3 Å². The van der Waals surface area contributed by atoms with Crippen molar-refractivity contribution >= 4 is 39.8 Å². The van der Waals surface area contributed by atoms with Crippen LogP contribution in [-0.2, 0) is 0 Å². The molecule has 0 radical (unpaired) electrons. The highest BCUT2D eigenvalue weighted by molar-refractivity contribution is 6.31. The summed E-state index contributed by atoms with van der Waals surface area (Å²) in [5.41, 5.74) is 3.28. The zero-order valence-electron chi connectivity index (χ0n) is 11.8. The van der Waals surface area contributed by atoms with E-state index in [4.69, 9.17) is 11.6 Å². The van der Waals surface area contributed by atoms with Gasteiger partial charge in [-0.25, -0.2) is 0 Å². The Kier molecular flexibility index (Phi) is 3.69. The molecule has 4 nitrogen and oxygen atoms in total. The standard InChI is InChI=1S/C17H13ClN2O2/c1-10-7-16(14-9-12(18)5-6-15(14)19-10)20-13-4-2-3-11(8-13)17(21)22/h2-9H,1H3,(H,19,20)(H,21,22)/p-1. The minimum absolute atomic E-state index is 0.123. The van der Waals surface area contributed by atoms with E-state index in [0.29, 0.717) is 10.7 Å². The number of pyridine rings is 1. The summed E-state index contributed by atoms with van der Waals surface area (Å²) in [4.78, 5) is 15.4. The van der Waals surface area contributed by atoms with Crippen LogP contribution in [0.5, 0.6) is 0 Å². The van der Waals surface area contributed by atoms with Gasteiger partial charge in [0.25, 0.3) is 0 Å². The van der Waals surface area contributed by atoms with Crippen molar-refractivity contribution in [3.63, 3.8) is 0 Å². The average Bonchev–Trinajstić information content (AvgIpc) is 2.48. The van der Waals surface area contributed by atoms with Crippen molar-refractivity contribution in [3.05, 3.63) is 64.8 Å². The Bertz CT molecular complexity index is 878. The molecule has 3 rings (SSSR count). The minimum atomic E-state index is -1.21. The number of aryl methyl sites for hydroxylation is 1. The Morgan fingerprint density at radius 3 is 2.77 bits per heavy atom. The van der Waals surface area contributed by atoms with Crippen molar-refractivity contribution in [1.29, 1.82) is 0 Å². The van der Waals surface area contributed by atoms with Crippen LogP contribution in [-0.4, -0.2) is 11.0 Å². The molecule has 0 saturated carbocycles. The minimum Gasteiger partial charge on any atom is -0.545 e. The number of carbonyl (C=O) groups is 1. The van der Waals surface area contributed by atoms with Crippen molar-refractivity contribution in [3.8, 4) is 0 Å². The van der Waals surface area contributed by atoms with Crippen LogP contribution in [0.4, 0.5) is 11.4 Å². The van der Waals surface area contributed by atoms with Gasteiger partial charge in [-0.3, -0.25) is 4.98 Å². The largest absolute Gasteiger partial charge is 0.545 e. The van der Waals surface area contributed by atoms with Gasteiger partial charge in [-0.15, -0.1) is 0 Å². The predicted octanol–water partition coefficient (Wildman–Crippen LogP) is 3.30. The number of hydrogen-bond acceptors (Lipinski definition) is 4. The Morgan fingerprint density at radius 2 is 2.00 bits per heavy atom. The third-order valence-electron chi connectivity index (χ3n) is 3.28. The zero-order chi connectivity index (χ0) is 15.7. The lowest BCUT2D eigenvalue weighted by Crippen LogP contribution is -2.22. The van der Waals surface area contributed by atoms with Gasteiger partial charge < -0.3 is 15.2 Å². The molecule has 2 aromatic carbocycles. The van der Waals surface area contributed by atoms with E-state index in [1.165, 1.54) is 12.1 Å². The fraction of sp³-hybridized carbons (Fsp3) is 0.0588. The maximum Gasteiger partial charge on any atom is 0.0727 e. The summed E-state index contributed by atoms with van der Waals surface area (Å²) < 4.78 is 0. The molecule has 5 heteroatoms. The SMILES string of the molecule is Cc1cc(Nc2cccc(C(=O)[O-])c2)c2cc(Cl)ccc2n1.